The second-order valence-electron chi connectivity index (χ2n) is 6.16. The summed E-state index contributed by atoms with van der Waals surface area (Å²) in [6, 6.07) is 9.22. The van der Waals surface area contributed by atoms with E-state index in [1.165, 1.54) is 28.6 Å². The summed E-state index contributed by atoms with van der Waals surface area (Å²) in [5, 5.41) is 4.34. The largest absolute Gasteiger partial charge is 0.313 e. The summed E-state index contributed by atoms with van der Waals surface area (Å²) in [6.07, 6.45) is 3.91. The molecule has 0 spiro atoms. The molecule has 1 aliphatic rings. The molecule has 1 aromatic carbocycles. The maximum absolute atomic E-state index is 3.68. The van der Waals surface area contributed by atoms with E-state index < -0.39 is 0 Å². The Balaban J connectivity index is 2.11. The molecule has 0 aromatic heterocycles. The first kappa shape index (κ1) is 15.4. The van der Waals surface area contributed by atoms with Gasteiger partial charge in [0, 0.05) is 20.7 Å². The first-order valence-electron chi connectivity index (χ1n) is 7.16. The number of rotatable bonds is 4. The lowest BCUT2D eigenvalue weighted by Crippen LogP contribution is -2.44. The highest BCUT2D eigenvalue weighted by Crippen LogP contribution is 2.43. The lowest BCUT2D eigenvalue weighted by atomic mass is 9.75. The van der Waals surface area contributed by atoms with Crippen molar-refractivity contribution in [2.75, 3.05) is 6.54 Å². The van der Waals surface area contributed by atoms with Crippen LogP contribution in [0.15, 0.2) is 33.6 Å². The number of thioether (sulfide) groups is 1. The van der Waals surface area contributed by atoms with Crippen LogP contribution in [0.1, 0.15) is 40.0 Å². The minimum atomic E-state index is 0.477. The molecule has 0 aliphatic heterocycles. The standard InChI is InChI=1S/C16H24BrNS/c1-4-18-13-9-10-16(2,3)11-15(13)19-14-8-6-5-7-12(14)17/h5-8,13,15,18H,4,9-11H2,1-3H3. The van der Waals surface area contributed by atoms with Crippen molar-refractivity contribution >= 4 is 27.7 Å². The molecule has 1 saturated carbocycles. The molecule has 3 heteroatoms. The summed E-state index contributed by atoms with van der Waals surface area (Å²) in [5.74, 6) is 0. The van der Waals surface area contributed by atoms with Gasteiger partial charge in [0.1, 0.15) is 0 Å². The SMILES string of the molecule is CCNC1CCC(C)(C)CC1Sc1ccccc1Br. The predicted molar refractivity (Wildman–Crippen MR) is 88.9 cm³/mol. The molecule has 0 saturated heterocycles. The van der Waals surface area contributed by atoms with Crippen molar-refractivity contribution in [3.05, 3.63) is 28.7 Å². The summed E-state index contributed by atoms with van der Waals surface area (Å²) in [4.78, 5) is 1.37. The molecule has 2 unspecified atom stereocenters. The Morgan fingerprint density at radius 2 is 2.11 bits per heavy atom. The molecule has 1 nitrogen and oxygen atoms in total. The topological polar surface area (TPSA) is 12.0 Å². The van der Waals surface area contributed by atoms with Crippen molar-refractivity contribution in [3.8, 4) is 0 Å². The lowest BCUT2D eigenvalue weighted by molar-refractivity contribution is 0.215. The van der Waals surface area contributed by atoms with Crippen LogP contribution in [0.4, 0.5) is 0 Å². The van der Waals surface area contributed by atoms with E-state index in [2.05, 4.69) is 66.3 Å². The number of nitrogens with one attached hydrogen (secondary N) is 1. The Kier molecular flexibility index (Phi) is 5.38. The van der Waals surface area contributed by atoms with Gasteiger partial charge in [0.2, 0.25) is 0 Å². The first-order chi connectivity index (χ1) is 9.02. The van der Waals surface area contributed by atoms with E-state index >= 15 is 0 Å². The zero-order valence-corrected chi connectivity index (χ0v) is 14.5. The van der Waals surface area contributed by atoms with Gasteiger partial charge in [-0.25, -0.2) is 0 Å². The summed E-state index contributed by atoms with van der Waals surface area (Å²) in [5.41, 5.74) is 0.477. The van der Waals surface area contributed by atoms with Gasteiger partial charge in [0.15, 0.2) is 0 Å². The fourth-order valence-electron chi connectivity index (χ4n) is 2.84. The summed E-state index contributed by atoms with van der Waals surface area (Å²) >= 11 is 5.70. The summed E-state index contributed by atoms with van der Waals surface area (Å²) < 4.78 is 1.22. The summed E-state index contributed by atoms with van der Waals surface area (Å²) in [6.45, 7) is 8.09. The Morgan fingerprint density at radius 1 is 1.37 bits per heavy atom. The fraction of sp³-hybridized carbons (Fsp3) is 0.625. The zero-order valence-electron chi connectivity index (χ0n) is 12.1. The highest BCUT2D eigenvalue weighted by molar-refractivity contribution is 9.10. The fourth-order valence-corrected chi connectivity index (χ4v) is 5.00. The van der Waals surface area contributed by atoms with Gasteiger partial charge in [-0.15, -0.1) is 11.8 Å². The van der Waals surface area contributed by atoms with Crippen LogP contribution in [0.5, 0.6) is 0 Å². The average molecular weight is 342 g/mol. The molecule has 0 bridgehead atoms. The first-order valence-corrected chi connectivity index (χ1v) is 8.84. The van der Waals surface area contributed by atoms with Gasteiger partial charge in [-0.3, -0.25) is 0 Å². The maximum Gasteiger partial charge on any atom is 0.0311 e. The molecule has 1 aliphatic carbocycles. The van der Waals surface area contributed by atoms with Crippen LogP contribution >= 0.6 is 27.7 Å². The molecule has 0 amide bonds. The summed E-state index contributed by atoms with van der Waals surface area (Å²) in [7, 11) is 0. The Bertz CT molecular complexity index is 419. The van der Waals surface area contributed by atoms with Crippen molar-refractivity contribution in [1.82, 2.24) is 5.32 Å². The van der Waals surface area contributed by atoms with Crippen molar-refractivity contribution in [3.63, 3.8) is 0 Å². The molecule has 1 fully saturated rings. The molecule has 1 aromatic rings. The van der Waals surface area contributed by atoms with Crippen LogP contribution in [0, 0.1) is 5.41 Å². The normalized spacial score (nSPS) is 26.3. The number of hydrogen-bond donors (Lipinski definition) is 1. The third kappa shape index (κ3) is 4.24. The number of benzene rings is 1. The van der Waals surface area contributed by atoms with Crippen LogP contribution in [-0.2, 0) is 0 Å². The number of halogens is 1. The van der Waals surface area contributed by atoms with Crippen LogP contribution < -0.4 is 5.32 Å². The number of hydrogen-bond acceptors (Lipinski definition) is 2. The highest BCUT2D eigenvalue weighted by atomic mass is 79.9. The van der Waals surface area contributed by atoms with Gasteiger partial charge in [-0.05, 0) is 59.3 Å². The van der Waals surface area contributed by atoms with Crippen LogP contribution in [-0.4, -0.2) is 17.8 Å². The molecule has 0 radical (unpaired) electrons. The van der Waals surface area contributed by atoms with Gasteiger partial charge >= 0.3 is 0 Å². The second-order valence-corrected chi connectivity index (χ2v) is 8.29. The third-order valence-corrected chi connectivity index (χ3v) is 6.28. The van der Waals surface area contributed by atoms with E-state index in [4.69, 9.17) is 0 Å². The zero-order chi connectivity index (χ0) is 13.9. The van der Waals surface area contributed by atoms with Crippen molar-refractivity contribution in [2.45, 2.75) is 56.2 Å². The average Bonchev–Trinajstić information content (AvgIpc) is 2.35. The maximum atomic E-state index is 3.68. The Morgan fingerprint density at radius 3 is 2.79 bits per heavy atom. The monoisotopic (exact) mass is 341 g/mol. The van der Waals surface area contributed by atoms with Crippen molar-refractivity contribution < 1.29 is 0 Å². The quantitative estimate of drug-likeness (QED) is 0.817. The van der Waals surface area contributed by atoms with Crippen LogP contribution in [0.3, 0.4) is 0 Å². The Labute approximate surface area is 130 Å². The molecule has 2 rings (SSSR count). The molecule has 2 atom stereocenters. The lowest BCUT2D eigenvalue weighted by Gasteiger charge is -2.41. The molecule has 106 valence electrons. The predicted octanol–water partition coefficient (Wildman–Crippen LogP) is 5.10. The van der Waals surface area contributed by atoms with Crippen LogP contribution in [0.25, 0.3) is 0 Å². The second kappa shape index (κ2) is 6.64. The smallest absolute Gasteiger partial charge is 0.0311 e. The van der Waals surface area contributed by atoms with E-state index in [-0.39, 0.29) is 0 Å². The molecular formula is C16H24BrNS. The van der Waals surface area contributed by atoms with E-state index in [0.29, 0.717) is 16.7 Å². The third-order valence-electron chi connectivity index (χ3n) is 3.92. The molecular weight excluding hydrogens is 318 g/mol. The van der Waals surface area contributed by atoms with Gasteiger partial charge in [0.25, 0.3) is 0 Å². The van der Waals surface area contributed by atoms with E-state index in [0.717, 1.165) is 6.54 Å². The minimum absolute atomic E-state index is 0.477. The van der Waals surface area contributed by atoms with Gasteiger partial charge in [-0.1, -0.05) is 32.9 Å². The van der Waals surface area contributed by atoms with Crippen molar-refractivity contribution in [1.29, 1.82) is 0 Å². The van der Waals surface area contributed by atoms with Crippen LogP contribution in [0.2, 0.25) is 0 Å². The molecule has 0 heterocycles. The van der Waals surface area contributed by atoms with E-state index in [1.807, 2.05) is 11.8 Å². The van der Waals surface area contributed by atoms with Gasteiger partial charge < -0.3 is 5.32 Å². The van der Waals surface area contributed by atoms with E-state index in [9.17, 15) is 0 Å². The van der Waals surface area contributed by atoms with Crippen molar-refractivity contribution in [2.24, 2.45) is 5.41 Å². The highest BCUT2D eigenvalue weighted by Gasteiger charge is 2.35. The van der Waals surface area contributed by atoms with Gasteiger partial charge in [-0.2, -0.15) is 0 Å². The minimum Gasteiger partial charge on any atom is -0.313 e. The molecule has 19 heavy (non-hydrogen) atoms. The Hall–Kier alpha value is 0.01000. The molecule has 1 N–H and O–H groups in total. The van der Waals surface area contributed by atoms with Gasteiger partial charge in [0.05, 0.1) is 0 Å². The van der Waals surface area contributed by atoms with E-state index in [1.54, 1.807) is 0 Å².